The molecule has 1 saturated heterocycles. The lowest BCUT2D eigenvalue weighted by Crippen LogP contribution is -2.43. The summed E-state index contributed by atoms with van der Waals surface area (Å²) in [6, 6.07) is 0. The Kier molecular flexibility index (Phi) is 9.59. The number of hydrogen-bond donors (Lipinski definition) is 1. The smallest absolute Gasteiger partial charge is 0.303 e. The van der Waals surface area contributed by atoms with E-state index < -0.39 is 14.3 Å². The van der Waals surface area contributed by atoms with Crippen molar-refractivity contribution < 1.29 is 23.8 Å². The predicted molar refractivity (Wildman–Crippen MR) is 123 cm³/mol. The number of carbonyl (C=O) groups is 1. The summed E-state index contributed by atoms with van der Waals surface area (Å²) in [6.45, 7) is 13.1. The van der Waals surface area contributed by atoms with Crippen LogP contribution in [0.4, 0.5) is 0 Å². The first-order chi connectivity index (χ1) is 14.0. The van der Waals surface area contributed by atoms with E-state index in [1.54, 1.807) is 0 Å². The van der Waals surface area contributed by atoms with Gasteiger partial charge in [0, 0.05) is 19.6 Å². The first-order valence-corrected chi connectivity index (χ1v) is 14.7. The molecule has 2 aliphatic rings. The first kappa shape index (κ1) is 25.6. The van der Waals surface area contributed by atoms with Crippen molar-refractivity contribution in [3.63, 3.8) is 0 Å². The van der Waals surface area contributed by atoms with E-state index in [0.717, 1.165) is 58.2 Å². The largest absolute Gasteiger partial charge is 0.481 e. The molecule has 0 aromatic carbocycles. The monoisotopic (exact) mass is 440 g/mol. The van der Waals surface area contributed by atoms with E-state index in [-0.39, 0.29) is 29.3 Å². The Hall–Kier alpha value is -0.693. The summed E-state index contributed by atoms with van der Waals surface area (Å²) in [6.07, 6.45) is 13.9. The number of ether oxygens (including phenoxy) is 2. The summed E-state index contributed by atoms with van der Waals surface area (Å²) >= 11 is 0. The maximum Gasteiger partial charge on any atom is 0.303 e. The van der Waals surface area contributed by atoms with Crippen LogP contribution in [0, 0.1) is 5.41 Å². The molecule has 0 aromatic heterocycles. The fourth-order valence-corrected chi connectivity index (χ4v) is 5.15. The van der Waals surface area contributed by atoms with Crippen LogP contribution in [0.15, 0.2) is 12.2 Å². The second kappa shape index (κ2) is 11.3. The van der Waals surface area contributed by atoms with E-state index >= 15 is 0 Å². The average Bonchev–Trinajstić information content (AvgIpc) is 3.06. The highest BCUT2D eigenvalue weighted by Gasteiger charge is 2.44. The number of aliphatic carboxylic acids is 1. The molecule has 30 heavy (non-hydrogen) atoms. The Morgan fingerprint density at radius 1 is 1.23 bits per heavy atom. The lowest BCUT2D eigenvalue weighted by atomic mass is 9.83. The lowest BCUT2D eigenvalue weighted by molar-refractivity contribution is -0.188. The second-order valence-corrected chi connectivity index (χ2v) is 15.6. The molecule has 3 atom stereocenters. The third kappa shape index (κ3) is 8.10. The molecular formula is C24H44O5Si. The van der Waals surface area contributed by atoms with E-state index in [1.807, 2.05) is 0 Å². The minimum absolute atomic E-state index is 0.0348. The summed E-state index contributed by atoms with van der Waals surface area (Å²) in [5.41, 5.74) is 0.109. The van der Waals surface area contributed by atoms with Crippen molar-refractivity contribution in [3.8, 4) is 0 Å². The highest BCUT2D eigenvalue weighted by molar-refractivity contribution is 6.74. The third-order valence-electron chi connectivity index (χ3n) is 7.16. The molecule has 1 heterocycles. The predicted octanol–water partition coefficient (Wildman–Crippen LogP) is 6.29. The molecule has 1 saturated carbocycles. The highest BCUT2D eigenvalue weighted by Crippen LogP contribution is 2.46. The summed E-state index contributed by atoms with van der Waals surface area (Å²) in [5.74, 6) is -0.719. The molecule has 2 fully saturated rings. The molecule has 0 radical (unpaired) electrons. The standard InChI is InChI=1S/C24H44O5Si/c1-23(2,3)30(4,5)28-19-24(15-10-7-6-8-12-21(25)26)16-14-20(18-24)29-22-13-9-11-17-27-22/h7,10,20,22H,6,8-9,11-19H2,1-5H3,(H,25,26)/t20-,22?,24-/m1/s1. The molecular weight excluding hydrogens is 396 g/mol. The highest BCUT2D eigenvalue weighted by atomic mass is 28.4. The molecule has 1 aliphatic carbocycles. The first-order valence-electron chi connectivity index (χ1n) is 11.8. The van der Waals surface area contributed by atoms with Gasteiger partial charge in [-0.15, -0.1) is 0 Å². The van der Waals surface area contributed by atoms with E-state index in [2.05, 4.69) is 46.0 Å². The molecule has 1 N–H and O–H groups in total. The van der Waals surface area contributed by atoms with Crippen molar-refractivity contribution in [1.82, 2.24) is 0 Å². The second-order valence-electron chi connectivity index (χ2n) is 10.8. The van der Waals surface area contributed by atoms with Gasteiger partial charge in [-0.1, -0.05) is 32.9 Å². The minimum Gasteiger partial charge on any atom is -0.481 e. The van der Waals surface area contributed by atoms with Crippen molar-refractivity contribution in [2.45, 2.75) is 116 Å². The van der Waals surface area contributed by atoms with Gasteiger partial charge in [0.15, 0.2) is 14.6 Å². The number of allylic oxidation sites excluding steroid dienone is 2. The van der Waals surface area contributed by atoms with Crippen molar-refractivity contribution >= 4 is 14.3 Å². The van der Waals surface area contributed by atoms with Crippen LogP contribution in [0.1, 0.15) is 85.0 Å². The van der Waals surface area contributed by atoms with Gasteiger partial charge < -0.3 is 19.0 Å². The summed E-state index contributed by atoms with van der Waals surface area (Å²) in [5, 5.41) is 9.00. The van der Waals surface area contributed by atoms with Crippen LogP contribution in [0.3, 0.4) is 0 Å². The summed E-state index contributed by atoms with van der Waals surface area (Å²) in [4.78, 5) is 10.7. The van der Waals surface area contributed by atoms with E-state index in [9.17, 15) is 4.79 Å². The number of carboxylic acid groups (broad SMARTS) is 1. The Morgan fingerprint density at radius 3 is 2.63 bits per heavy atom. The number of unbranched alkanes of at least 4 members (excludes halogenated alkanes) is 1. The molecule has 0 amide bonds. The Balaban J connectivity index is 1.95. The van der Waals surface area contributed by atoms with Gasteiger partial charge in [-0.3, -0.25) is 4.79 Å². The van der Waals surface area contributed by atoms with Crippen molar-refractivity contribution in [2.24, 2.45) is 5.41 Å². The van der Waals surface area contributed by atoms with Crippen LogP contribution >= 0.6 is 0 Å². The fraction of sp³-hybridized carbons (Fsp3) is 0.875. The maximum absolute atomic E-state index is 10.7. The van der Waals surface area contributed by atoms with Gasteiger partial charge in [-0.05, 0) is 81.3 Å². The van der Waals surface area contributed by atoms with E-state index in [4.69, 9.17) is 19.0 Å². The molecule has 0 spiro atoms. The van der Waals surface area contributed by atoms with Gasteiger partial charge in [0.05, 0.1) is 6.10 Å². The van der Waals surface area contributed by atoms with Crippen LogP contribution < -0.4 is 0 Å². The van der Waals surface area contributed by atoms with Gasteiger partial charge in [0.2, 0.25) is 0 Å². The molecule has 174 valence electrons. The van der Waals surface area contributed by atoms with Crippen molar-refractivity contribution in [1.29, 1.82) is 0 Å². The fourth-order valence-electron chi connectivity index (χ4n) is 4.05. The molecule has 0 bridgehead atoms. The van der Waals surface area contributed by atoms with Crippen LogP contribution in [0.5, 0.6) is 0 Å². The van der Waals surface area contributed by atoms with Crippen molar-refractivity contribution in [2.75, 3.05) is 13.2 Å². The van der Waals surface area contributed by atoms with Crippen molar-refractivity contribution in [3.05, 3.63) is 12.2 Å². The number of carboxylic acids is 1. The summed E-state index contributed by atoms with van der Waals surface area (Å²) in [7, 11) is -1.81. The normalized spacial score (nSPS) is 28.3. The minimum atomic E-state index is -1.81. The van der Waals surface area contributed by atoms with Gasteiger partial charge in [-0.2, -0.15) is 0 Å². The molecule has 1 aliphatic heterocycles. The van der Waals surface area contributed by atoms with Gasteiger partial charge in [0.25, 0.3) is 0 Å². The van der Waals surface area contributed by atoms with Crippen LogP contribution in [0.25, 0.3) is 0 Å². The lowest BCUT2D eigenvalue weighted by Gasteiger charge is -2.40. The molecule has 2 rings (SSSR count). The quantitative estimate of drug-likeness (QED) is 0.232. The number of rotatable bonds is 11. The van der Waals surface area contributed by atoms with Gasteiger partial charge in [-0.25, -0.2) is 0 Å². The van der Waals surface area contributed by atoms with Crippen LogP contribution in [-0.4, -0.2) is 45.0 Å². The van der Waals surface area contributed by atoms with Gasteiger partial charge in [0.1, 0.15) is 0 Å². The molecule has 5 nitrogen and oxygen atoms in total. The third-order valence-corrected chi connectivity index (χ3v) is 11.6. The van der Waals surface area contributed by atoms with Gasteiger partial charge >= 0.3 is 5.97 Å². The molecule has 0 aromatic rings. The zero-order valence-corrected chi connectivity index (χ0v) is 20.9. The molecule has 6 heteroatoms. The topological polar surface area (TPSA) is 65.0 Å². The SMILES string of the molecule is CC(C)(C)[Si](C)(C)OC[C@]1(CC=CCCCC(=O)O)CC[C@@H](OC2CCCCO2)C1. The number of hydrogen-bond acceptors (Lipinski definition) is 4. The van der Waals surface area contributed by atoms with Crippen LogP contribution in [-0.2, 0) is 18.7 Å². The zero-order chi connectivity index (χ0) is 22.3. The Bertz CT molecular complexity index is 562. The van der Waals surface area contributed by atoms with Crippen LogP contribution in [0.2, 0.25) is 18.1 Å². The van der Waals surface area contributed by atoms with E-state index in [1.165, 1.54) is 6.42 Å². The zero-order valence-electron chi connectivity index (χ0n) is 19.9. The Labute approximate surface area is 184 Å². The molecule has 1 unspecified atom stereocenters. The summed E-state index contributed by atoms with van der Waals surface area (Å²) < 4.78 is 18.8. The average molecular weight is 441 g/mol. The Morgan fingerprint density at radius 2 is 2.00 bits per heavy atom. The van der Waals surface area contributed by atoms with E-state index in [0.29, 0.717) is 6.42 Å². The maximum atomic E-state index is 10.7.